The average Bonchev–Trinajstić information content (AvgIpc) is 3.18. The van der Waals surface area contributed by atoms with Crippen molar-refractivity contribution in [3.8, 4) is 5.75 Å². The predicted molar refractivity (Wildman–Crippen MR) is 112 cm³/mol. The lowest BCUT2D eigenvalue weighted by molar-refractivity contribution is -0.191. The van der Waals surface area contributed by atoms with Crippen LogP contribution in [0.2, 0.25) is 0 Å². The molecule has 3 nitrogen and oxygen atoms in total. The molecule has 0 atom stereocenters. The smallest absolute Gasteiger partial charge is 0.373 e. The zero-order chi connectivity index (χ0) is 20.5. The van der Waals surface area contributed by atoms with Crippen molar-refractivity contribution in [2.75, 3.05) is 6.61 Å². The van der Waals surface area contributed by atoms with Gasteiger partial charge < -0.3 is 4.74 Å². The van der Waals surface area contributed by atoms with E-state index < -0.39 is 0 Å². The molecule has 3 heteroatoms. The van der Waals surface area contributed by atoms with E-state index in [1.807, 2.05) is 0 Å². The number of hydrogen-bond acceptors (Lipinski definition) is 3. The Bertz CT molecular complexity index is 854. The van der Waals surface area contributed by atoms with E-state index in [4.69, 9.17) is 14.3 Å². The molecule has 0 amide bonds. The molecule has 148 valence electrons. The first-order valence-electron chi connectivity index (χ1n) is 10.1. The molecule has 0 unspecified atom stereocenters. The molecular weight excluding hydrogens is 348 g/mol. The summed E-state index contributed by atoms with van der Waals surface area (Å²) in [4.78, 5) is 16.2. The van der Waals surface area contributed by atoms with Gasteiger partial charge in [-0.05, 0) is 91.0 Å². The Kier molecular flexibility index (Phi) is 8.22. The maximum atomic E-state index is 8.12. The monoisotopic (exact) mass is 378 g/mol. The SMILES string of the molecule is CCc1ccc(C2=C(COc3ccc(CC)c(C)c3C)CCC2)cc1.O=C=O. The van der Waals surface area contributed by atoms with Gasteiger partial charge in [-0.1, -0.05) is 44.2 Å². The van der Waals surface area contributed by atoms with Crippen LogP contribution in [0.4, 0.5) is 0 Å². The molecule has 0 aromatic heterocycles. The van der Waals surface area contributed by atoms with Gasteiger partial charge in [-0.2, -0.15) is 9.59 Å². The zero-order valence-corrected chi connectivity index (χ0v) is 17.4. The molecule has 0 bridgehead atoms. The number of ether oxygens (including phenoxy) is 1. The average molecular weight is 379 g/mol. The number of rotatable bonds is 6. The van der Waals surface area contributed by atoms with Crippen molar-refractivity contribution in [3.05, 3.63) is 69.8 Å². The standard InChI is InChI=1S/C24H30O.CO2/c1-5-19-10-12-21(13-11-19)23-9-7-8-22(23)16-25-24-15-14-20(6-2)17(3)18(24)4;2-1-3/h10-15H,5-9,16H2,1-4H3;. The molecule has 0 saturated heterocycles. The lowest BCUT2D eigenvalue weighted by Crippen LogP contribution is -2.04. The van der Waals surface area contributed by atoms with Crippen LogP contribution in [0.5, 0.6) is 5.75 Å². The van der Waals surface area contributed by atoms with Gasteiger partial charge in [-0.3, -0.25) is 0 Å². The van der Waals surface area contributed by atoms with Gasteiger partial charge in [-0.15, -0.1) is 0 Å². The van der Waals surface area contributed by atoms with Crippen molar-refractivity contribution in [2.45, 2.75) is 59.8 Å². The summed E-state index contributed by atoms with van der Waals surface area (Å²) in [5.41, 5.74) is 9.83. The van der Waals surface area contributed by atoms with Gasteiger partial charge in [0.05, 0.1) is 0 Å². The summed E-state index contributed by atoms with van der Waals surface area (Å²) in [6.07, 6.45) is 6.01. The third-order valence-electron chi connectivity index (χ3n) is 5.68. The third-order valence-corrected chi connectivity index (χ3v) is 5.68. The molecular formula is C25H30O3. The summed E-state index contributed by atoms with van der Waals surface area (Å²) in [5.74, 6) is 1.04. The highest BCUT2D eigenvalue weighted by Crippen LogP contribution is 2.35. The van der Waals surface area contributed by atoms with Crippen molar-refractivity contribution < 1.29 is 14.3 Å². The number of benzene rings is 2. The normalized spacial score (nSPS) is 13.0. The summed E-state index contributed by atoms with van der Waals surface area (Å²) >= 11 is 0. The minimum Gasteiger partial charge on any atom is -0.489 e. The fourth-order valence-electron chi connectivity index (χ4n) is 3.81. The molecule has 0 aliphatic heterocycles. The molecule has 0 fully saturated rings. The van der Waals surface area contributed by atoms with Crippen LogP contribution in [0.15, 0.2) is 42.0 Å². The zero-order valence-electron chi connectivity index (χ0n) is 17.4. The second-order valence-electron chi connectivity index (χ2n) is 7.18. The van der Waals surface area contributed by atoms with E-state index in [2.05, 4.69) is 64.1 Å². The van der Waals surface area contributed by atoms with E-state index in [1.54, 1.807) is 0 Å². The van der Waals surface area contributed by atoms with E-state index >= 15 is 0 Å². The van der Waals surface area contributed by atoms with Crippen molar-refractivity contribution in [2.24, 2.45) is 0 Å². The highest BCUT2D eigenvalue weighted by atomic mass is 16.5. The Balaban J connectivity index is 0.000000878. The van der Waals surface area contributed by atoms with E-state index in [0.29, 0.717) is 0 Å². The first-order chi connectivity index (χ1) is 13.5. The molecule has 2 aromatic carbocycles. The van der Waals surface area contributed by atoms with Gasteiger partial charge >= 0.3 is 6.15 Å². The van der Waals surface area contributed by atoms with Gasteiger partial charge in [0.1, 0.15) is 12.4 Å². The number of hydrogen-bond donors (Lipinski definition) is 0. The van der Waals surface area contributed by atoms with Crippen molar-refractivity contribution in [1.82, 2.24) is 0 Å². The molecule has 28 heavy (non-hydrogen) atoms. The Morgan fingerprint density at radius 3 is 2.18 bits per heavy atom. The summed E-state index contributed by atoms with van der Waals surface area (Å²) in [5, 5.41) is 0. The summed E-state index contributed by atoms with van der Waals surface area (Å²) in [6.45, 7) is 9.52. The minimum absolute atomic E-state index is 0.250. The number of aryl methyl sites for hydroxylation is 2. The van der Waals surface area contributed by atoms with Crippen LogP contribution in [0, 0.1) is 13.8 Å². The molecule has 3 rings (SSSR count). The highest BCUT2D eigenvalue weighted by molar-refractivity contribution is 5.71. The highest BCUT2D eigenvalue weighted by Gasteiger charge is 2.17. The van der Waals surface area contributed by atoms with Crippen LogP contribution in [-0.2, 0) is 22.4 Å². The Labute approximate surface area is 168 Å². The largest absolute Gasteiger partial charge is 0.489 e. The second-order valence-corrected chi connectivity index (χ2v) is 7.18. The molecule has 2 aromatic rings. The summed E-state index contributed by atoms with van der Waals surface area (Å²) in [7, 11) is 0. The first kappa shape index (κ1) is 21.7. The van der Waals surface area contributed by atoms with Gasteiger partial charge in [0.2, 0.25) is 0 Å². The van der Waals surface area contributed by atoms with Crippen LogP contribution in [0.1, 0.15) is 60.9 Å². The van der Waals surface area contributed by atoms with Crippen LogP contribution in [0.3, 0.4) is 0 Å². The van der Waals surface area contributed by atoms with Gasteiger partial charge in [0.15, 0.2) is 0 Å². The van der Waals surface area contributed by atoms with Crippen molar-refractivity contribution in [3.63, 3.8) is 0 Å². The second kappa shape index (κ2) is 10.6. The maximum Gasteiger partial charge on any atom is 0.373 e. The van der Waals surface area contributed by atoms with E-state index in [0.717, 1.165) is 31.6 Å². The van der Waals surface area contributed by atoms with Crippen LogP contribution >= 0.6 is 0 Å². The fourth-order valence-corrected chi connectivity index (χ4v) is 3.81. The van der Waals surface area contributed by atoms with E-state index in [1.165, 1.54) is 51.8 Å². The first-order valence-corrected chi connectivity index (χ1v) is 10.1. The number of carbonyl (C=O) groups excluding carboxylic acids is 2. The Morgan fingerprint density at radius 2 is 1.57 bits per heavy atom. The summed E-state index contributed by atoms with van der Waals surface area (Å²) in [6, 6.07) is 13.4. The fraction of sp³-hybridized carbons (Fsp3) is 0.400. The Hall–Kier alpha value is -2.64. The molecule has 1 aliphatic rings. The van der Waals surface area contributed by atoms with Gasteiger partial charge in [-0.25, -0.2) is 0 Å². The van der Waals surface area contributed by atoms with Crippen molar-refractivity contribution >= 4 is 11.7 Å². The quantitative estimate of drug-likeness (QED) is 0.632. The molecule has 0 spiro atoms. The number of allylic oxidation sites excluding steroid dienone is 1. The van der Waals surface area contributed by atoms with E-state index in [-0.39, 0.29) is 6.15 Å². The molecule has 1 aliphatic carbocycles. The van der Waals surface area contributed by atoms with Crippen molar-refractivity contribution in [1.29, 1.82) is 0 Å². The molecule has 0 radical (unpaired) electrons. The maximum absolute atomic E-state index is 8.12. The summed E-state index contributed by atoms with van der Waals surface area (Å²) < 4.78 is 6.24. The molecule has 0 N–H and O–H groups in total. The van der Waals surface area contributed by atoms with Crippen LogP contribution in [0.25, 0.3) is 5.57 Å². The minimum atomic E-state index is 0.250. The van der Waals surface area contributed by atoms with Gasteiger partial charge in [0, 0.05) is 0 Å². The predicted octanol–water partition coefficient (Wildman–Crippen LogP) is 5.86. The van der Waals surface area contributed by atoms with Gasteiger partial charge in [0.25, 0.3) is 0 Å². The molecule has 0 heterocycles. The lowest BCUT2D eigenvalue weighted by atomic mass is 10.00. The topological polar surface area (TPSA) is 43.4 Å². The Morgan fingerprint density at radius 1 is 0.893 bits per heavy atom. The van der Waals surface area contributed by atoms with Crippen LogP contribution < -0.4 is 4.74 Å². The molecule has 0 saturated carbocycles. The third kappa shape index (κ3) is 5.21. The lowest BCUT2D eigenvalue weighted by Gasteiger charge is -2.15. The van der Waals surface area contributed by atoms with E-state index in [9.17, 15) is 0 Å². The van der Waals surface area contributed by atoms with Crippen LogP contribution in [-0.4, -0.2) is 12.8 Å².